The molecule has 0 aromatic heterocycles. The molecule has 5 heteroatoms. The number of nitrogens with two attached hydrogens (primary N) is 1. The fourth-order valence-corrected chi connectivity index (χ4v) is 2.04. The second-order valence-electron chi connectivity index (χ2n) is 6.39. The molecule has 0 bridgehead atoms. The molecule has 98 valence electrons. The Morgan fingerprint density at radius 3 is 2.29 bits per heavy atom. The average molecular weight is 242 g/mol. The molecular formula is C12H22N2O3. The van der Waals surface area contributed by atoms with Gasteiger partial charge in [-0.15, -0.1) is 0 Å². The molecule has 1 saturated heterocycles. The van der Waals surface area contributed by atoms with E-state index in [0.29, 0.717) is 13.0 Å². The lowest BCUT2D eigenvalue weighted by Crippen LogP contribution is -2.45. The van der Waals surface area contributed by atoms with E-state index in [2.05, 4.69) is 0 Å². The Hall–Kier alpha value is -1.26. The van der Waals surface area contributed by atoms with Crippen LogP contribution in [0.3, 0.4) is 0 Å². The Bertz CT molecular complexity index is 331. The van der Waals surface area contributed by atoms with Crippen LogP contribution in [0.2, 0.25) is 0 Å². The highest BCUT2D eigenvalue weighted by molar-refractivity contribution is 5.85. The van der Waals surface area contributed by atoms with Crippen molar-refractivity contribution in [2.24, 2.45) is 11.1 Å². The summed E-state index contributed by atoms with van der Waals surface area (Å²) < 4.78 is 5.27. The number of primary amides is 1. The van der Waals surface area contributed by atoms with Gasteiger partial charge in [0.2, 0.25) is 5.91 Å². The lowest BCUT2D eigenvalue weighted by Gasteiger charge is -2.27. The summed E-state index contributed by atoms with van der Waals surface area (Å²) in [6.45, 7) is 9.90. The van der Waals surface area contributed by atoms with Crippen LogP contribution in [0.5, 0.6) is 0 Å². The number of carbonyl (C=O) groups excluding carboxylic acids is 2. The zero-order valence-electron chi connectivity index (χ0n) is 11.2. The van der Waals surface area contributed by atoms with Crippen LogP contribution in [0.4, 0.5) is 4.79 Å². The molecule has 1 atom stereocenters. The minimum Gasteiger partial charge on any atom is -0.444 e. The van der Waals surface area contributed by atoms with Crippen molar-refractivity contribution in [1.29, 1.82) is 0 Å². The predicted molar refractivity (Wildman–Crippen MR) is 64.3 cm³/mol. The van der Waals surface area contributed by atoms with E-state index in [1.54, 1.807) is 20.8 Å². The third-order valence-corrected chi connectivity index (χ3v) is 2.68. The van der Waals surface area contributed by atoms with Crippen LogP contribution in [0.1, 0.15) is 41.0 Å². The summed E-state index contributed by atoms with van der Waals surface area (Å²) in [5.74, 6) is -0.471. The maximum atomic E-state index is 12.0. The maximum Gasteiger partial charge on any atom is 0.410 e. The molecule has 0 aromatic rings. The number of hydrogen-bond acceptors (Lipinski definition) is 3. The van der Waals surface area contributed by atoms with Crippen LogP contribution in [-0.2, 0) is 9.53 Å². The lowest BCUT2D eigenvalue weighted by atomic mass is 9.90. The molecule has 1 heterocycles. The molecular weight excluding hydrogens is 220 g/mol. The molecule has 0 aliphatic carbocycles. The summed E-state index contributed by atoms with van der Waals surface area (Å²) in [5, 5.41) is 0. The van der Waals surface area contributed by atoms with E-state index in [0.717, 1.165) is 0 Å². The van der Waals surface area contributed by atoms with Crippen molar-refractivity contribution >= 4 is 12.0 Å². The van der Waals surface area contributed by atoms with Gasteiger partial charge in [0.1, 0.15) is 11.6 Å². The molecule has 1 rings (SSSR count). The van der Waals surface area contributed by atoms with Crippen molar-refractivity contribution in [3.05, 3.63) is 0 Å². The second kappa shape index (κ2) is 4.20. The van der Waals surface area contributed by atoms with Gasteiger partial charge in [0.15, 0.2) is 0 Å². The summed E-state index contributed by atoms with van der Waals surface area (Å²) in [6, 6.07) is -0.556. The molecule has 2 amide bonds. The van der Waals surface area contributed by atoms with Crippen molar-refractivity contribution in [1.82, 2.24) is 4.90 Å². The van der Waals surface area contributed by atoms with E-state index >= 15 is 0 Å². The molecule has 2 N–H and O–H groups in total. The highest BCUT2D eigenvalue weighted by Crippen LogP contribution is 2.34. The highest BCUT2D eigenvalue weighted by Gasteiger charge is 2.44. The van der Waals surface area contributed by atoms with Crippen LogP contribution in [-0.4, -0.2) is 35.1 Å². The molecule has 0 unspecified atom stereocenters. The minimum atomic E-state index is -0.563. The third kappa shape index (κ3) is 3.61. The quantitative estimate of drug-likeness (QED) is 0.757. The van der Waals surface area contributed by atoms with Gasteiger partial charge in [-0.05, 0) is 32.6 Å². The molecule has 0 saturated carbocycles. The SMILES string of the molecule is CC1(C)C[C@@H](C(N)=O)N(C(=O)OC(C)(C)C)C1. The Balaban J connectivity index is 2.81. The minimum absolute atomic E-state index is 0.101. The van der Waals surface area contributed by atoms with E-state index < -0.39 is 23.6 Å². The van der Waals surface area contributed by atoms with Crippen LogP contribution in [0.25, 0.3) is 0 Å². The molecule has 5 nitrogen and oxygen atoms in total. The predicted octanol–water partition coefficient (Wildman–Crippen LogP) is 1.51. The number of carbonyl (C=O) groups is 2. The van der Waals surface area contributed by atoms with E-state index in [4.69, 9.17) is 10.5 Å². The second-order valence-corrected chi connectivity index (χ2v) is 6.39. The summed E-state index contributed by atoms with van der Waals surface area (Å²) >= 11 is 0. The topological polar surface area (TPSA) is 72.6 Å². The fourth-order valence-electron chi connectivity index (χ4n) is 2.04. The van der Waals surface area contributed by atoms with Gasteiger partial charge in [-0.2, -0.15) is 0 Å². The van der Waals surface area contributed by atoms with Crippen molar-refractivity contribution in [2.45, 2.75) is 52.7 Å². The monoisotopic (exact) mass is 242 g/mol. The third-order valence-electron chi connectivity index (χ3n) is 2.68. The standard InChI is InChI=1S/C12H22N2O3/c1-11(2,3)17-10(16)14-7-12(4,5)6-8(14)9(13)15/h8H,6-7H2,1-5H3,(H2,13,15)/t8-/m0/s1. The van der Waals surface area contributed by atoms with Gasteiger partial charge < -0.3 is 10.5 Å². The first-order valence-corrected chi connectivity index (χ1v) is 5.81. The average Bonchev–Trinajstić information content (AvgIpc) is 2.38. The molecule has 0 radical (unpaired) electrons. The van der Waals surface area contributed by atoms with Gasteiger partial charge >= 0.3 is 6.09 Å². The van der Waals surface area contributed by atoms with Gasteiger partial charge in [-0.25, -0.2) is 4.79 Å². The lowest BCUT2D eigenvalue weighted by molar-refractivity contribution is -0.122. The largest absolute Gasteiger partial charge is 0.444 e. The van der Waals surface area contributed by atoms with Crippen molar-refractivity contribution in [3.8, 4) is 0 Å². The van der Waals surface area contributed by atoms with Crippen LogP contribution < -0.4 is 5.73 Å². The van der Waals surface area contributed by atoms with Crippen LogP contribution in [0, 0.1) is 5.41 Å². The normalized spacial score (nSPS) is 23.6. The summed E-state index contributed by atoms with van der Waals surface area (Å²) in [4.78, 5) is 24.7. The van der Waals surface area contributed by atoms with Gasteiger partial charge in [0, 0.05) is 6.54 Å². The number of nitrogens with zero attached hydrogens (tertiary/aromatic N) is 1. The number of likely N-dealkylation sites (tertiary alicyclic amines) is 1. The number of rotatable bonds is 1. The van der Waals surface area contributed by atoms with E-state index in [9.17, 15) is 9.59 Å². The maximum absolute atomic E-state index is 12.0. The van der Waals surface area contributed by atoms with Gasteiger partial charge in [0.25, 0.3) is 0 Å². The first-order chi connectivity index (χ1) is 7.52. The van der Waals surface area contributed by atoms with Crippen molar-refractivity contribution in [3.63, 3.8) is 0 Å². The summed E-state index contributed by atoms with van der Waals surface area (Å²) in [5.41, 5.74) is 4.66. The van der Waals surface area contributed by atoms with Gasteiger partial charge in [0.05, 0.1) is 0 Å². The first-order valence-electron chi connectivity index (χ1n) is 5.81. The number of hydrogen-bond donors (Lipinski definition) is 1. The smallest absolute Gasteiger partial charge is 0.410 e. The molecule has 0 spiro atoms. The number of ether oxygens (including phenoxy) is 1. The van der Waals surface area contributed by atoms with Gasteiger partial charge in [-0.1, -0.05) is 13.8 Å². The molecule has 1 aliphatic heterocycles. The van der Waals surface area contributed by atoms with Crippen molar-refractivity contribution in [2.75, 3.05) is 6.54 Å². The molecule has 0 aromatic carbocycles. The highest BCUT2D eigenvalue weighted by atomic mass is 16.6. The molecule has 1 aliphatic rings. The van der Waals surface area contributed by atoms with Crippen LogP contribution in [0.15, 0.2) is 0 Å². The first kappa shape index (κ1) is 13.8. The molecule has 1 fully saturated rings. The Kier molecular flexibility index (Phi) is 3.41. The number of amides is 2. The van der Waals surface area contributed by atoms with E-state index in [-0.39, 0.29) is 5.41 Å². The Labute approximate surface area is 102 Å². The van der Waals surface area contributed by atoms with Gasteiger partial charge in [-0.3, -0.25) is 9.69 Å². The molecule has 17 heavy (non-hydrogen) atoms. The summed E-state index contributed by atoms with van der Waals surface area (Å²) in [7, 11) is 0. The zero-order valence-corrected chi connectivity index (χ0v) is 11.2. The van der Waals surface area contributed by atoms with E-state index in [1.807, 2.05) is 13.8 Å². The zero-order chi connectivity index (χ0) is 13.4. The Morgan fingerprint density at radius 2 is 1.88 bits per heavy atom. The van der Waals surface area contributed by atoms with E-state index in [1.165, 1.54) is 4.90 Å². The van der Waals surface area contributed by atoms with Crippen LogP contribution >= 0.6 is 0 Å². The fraction of sp³-hybridized carbons (Fsp3) is 0.833. The van der Waals surface area contributed by atoms with Crippen molar-refractivity contribution < 1.29 is 14.3 Å². The summed E-state index contributed by atoms with van der Waals surface area (Å²) in [6.07, 6.45) is 0.119. The Morgan fingerprint density at radius 1 is 1.35 bits per heavy atom.